The van der Waals surface area contributed by atoms with Crippen LogP contribution in [0.3, 0.4) is 0 Å². The highest BCUT2D eigenvalue weighted by Gasteiger charge is 2.22. The molecule has 0 aromatic heterocycles. The van der Waals surface area contributed by atoms with E-state index >= 15 is 0 Å². The standard InChI is InChI=1S/C13H27N3O/c1-3-15(4-2)13(17)8-6-10-16-9-5-7-12(16)11-14/h12H,3-11,14H2,1-2H3. The monoisotopic (exact) mass is 241 g/mol. The van der Waals surface area contributed by atoms with Gasteiger partial charge in [0.1, 0.15) is 0 Å². The van der Waals surface area contributed by atoms with Crippen molar-refractivity contribution in [1.82, 2.24) is 9.80 Å². The van der Waals surface area contributed by atoms with Gasteiger partial charge in [-0.05, 0) is 46.2 Å². The number of amides is 1. The lowest BCUT2D eigenvalue weighted by Gasteiger charge is -2.24. The molecule has 1 atom stereocenters. The quantitative estimate of drug-likeness (QED) is 0.725. The Kier molecular flexibility index (Phi) is 6.52. The lowest BCUT2D eigenvalue weighted by molar-refractivity contribution is -0.131. The molecule has 2 N–H and O–H groups in total. The fourth-order valence-electron chi connectivity index (χ4n) is 2.62. The molecule has 1 amide bonds. The molecule has 4 nitrogen and oxygen atoms in total. The zero-order valence-electron chi connectivity index (χ0n) is 11.3. The molecule has 0 saturated carbocycles. The van der Waals surface area contributed by atoms with Crippen LogP contribution in [0.5, 0.6) is 0 Å². The molecule has 0 spiro atoms. The van der Waals surface area contributed by atoms with E-state index in [9.17, 15) is 4.79 Å². The summed E-state index contributed by atoms with van der Waals surface area (Å²) >= 11 is 0. The summed E-state index contributed by atoms with van der Waals surface area (Å²) in [5, 5.41) is 0. The molecule has 1 fully saturated rings. The van der Waals surface area contributed by atoms with Crippen molar-refractivity contribution in [1.29, 1.82) is 0 Å². The van der Waals surface area contributed by atoms with Gasteiger partial charge in [0.25, 0.3) is 0 Å². The van der Waals surface area contributed by atoms with Crippen molar-refractivity contribution in [3.8, 4) is 0 Å². The van der Waals surface area contributed by atoms with Crippen molar-refractivity contribution < 1.29 is 4.79 Å². The summed E-state index contributed by atoms with van der Waals surface area (Å²) < 4.78 is 0. The zero-order chi connectivity index (χ0) is 12.7. The summed E-state index contributed by atoms with van der Waals surface area (Å²) in [7, 11) is 0. The maximum atomic E-state index is 11.8. The van der Waals surface area contributed by atoms with Crippen LogP contribution < -0.4 is 5.73 Å². The summed E-state index contributed by atoms with van der Waals surface area (Å²) in [5.74, 6) is 0.290. The van der Waals surface area contributed by atoms with Crippen LogP contribution in [-0.2, 0) is 4.79 Å². The van der Waals surface area contributed by atoms with Gasteiger partial charge in [0, 0.05) is 32.1 Å². The first kappa shape index (κ1) is 14.5. The van der Waals surface area contributed by atoms with Crippen LogP contribution in [-0.4, -0.2) is 54.5 Å². The van der Waals surface area contributed by atoms with E-state index in [0.29, 0.717) is 18.4 Å². The molecule has 1 aliphatic heterocycles. The molecular weight excluding hydrogens is 214 g/mol. The van der Waals surface area contributed by atoms with Gasteiger partial charge in [0.05, 0.1) is 0 Å². The van der Waals surface area contributed by atoms with Crippen molar-refractivity contribution in [2.24, 2.45) is 5.73 Å². The van der Waals surface area contributed by atoms with Crippen molar-refractivity contribution in [3.63, 3.8) is 0 Å². The van der Waals surface area contributed by atoms with Gasteiger partial charge in [0.15, 0.2) is 0 Å². The molecule has 1 aliphatic rings. The summed E-state index contributed by atoms with van der Waals surface area (Å²) in [6, 6.07) is 0.554. The highest BCUT2D eigenvalue weighted by atomic mass is 16.2. The fourth-order valence-corrected chi connectivity index (χ4v) is 2.62. The molecule has 1 saturated heterocycles. The van der Waals surface area contributed by atoms with Crippen LogP contribution in [0.15, 0.2) is 0 Å². The number of carbonyl (C=O) groups excluding carboxylic acids is 1. The van der Waals surface area contributed by atoms with Crippen molar-refractivity contribution in [2.75, 3.05) is 32.7 Å². The number of rotatable bonds is 7. The van der Waals surface area contributed by atoms with Gasteiger partial charge in [0.2, 0.25) is 5.91 Å². The van der Waals surface area contributed by atoms with Gasteiger partial charge < -0.3 is 10.6 Å². The summed E-state index contributed by atoms with van der Waals surface area (Å²) in [4.78, 5) is 16.2. The Labute approximate surface area is 105 Å². The topological polar surface area (TPSA) is 49.6 Å². The third-order valence-corrected chi connectivity index (χ3v) is 3.72. The van der Waals surface area contributed by atoms with Gasteiger partial charge in [-0.15, -0.1) is 0 Å². The number of nitrogens with two attached hydrogens (primary N) is 1. The number of hydrogen-bond acceptors (Lipinski definition) is 3. The minimum atomic E-state index is 0.290. The van der Waals surface area contributed by atoms with E-state index < -0.39 is 0 Å². The highest BCUT2D eigenvalue weighted by Crippen LogP contribution is 2.16. The molecule has 1 rings (SSSR count). The molecule has 0 aromatic carbocycles. The first-order chi connectivity index (χ1) is 8.22. The second kappa shape index (κ2) is 7.67. The summed E-state index contributed by atoms with van der Waals surface area (Å²) in [5.41, 5.74) is 5.73. The number of nitrogens with zero attached hydrogens (tertiary/aromatic N) is 2. The van der Waals surface area contributed by atoms with Crippen LogP contribution in [0.2, 0.25) is 0 Å². The molecule has 1 unspecified atom stereocenters. The molecule has 0 radical (unpaired) electrons. The molecule has 1 heterocycles. The largest absolute Gasteiger partial charge is 0.343 e. The maximum Gasteiger partial charge on any atom is 0.222 e. The van der Waals surface area contributed by atoms with E-state index in [2.05, 4.69) is 4.90 Å². The first-order valence-electron chi connectivity index (χ1n) is 6.94. The van der Waals surface area contributed by atoms with Crippen molar-refractivity contribution >= 4 is 5.91 Å². The number of carbonyl (C=O) groups is 1. The van der Waals surface area contributed by atoms with Gasteiger partial charge in [-0.1, -0.05) is 0 Å². The zero-order valence-corrected chi connectivity index (χ0v) is 11.3. The maximum absolute atomic E-state index is 11.8. The molecule has 100 valence electrons. The lowest BCUT2D eigenvalue weighted by atomic mass is 10.2. The van der Waals surface area contributed by atoms with E-state index in [1.165, 1.54) is 12.8 Å². The van der Waals surface area contributed by atoms with Gasteiger partial charge in [-0.25, -0.2) is 0 Å². The van der Waals surface area contributed by atoms with E-state index in [4.69, 9.17) is 5.73 Å². The van der Waals surface area contributed by atoms with Gasteiger partial charge in [-0.3, -0.25) is 9.69 Å². The smallest absolute Gasteiger partial charge is 0.222 e. The average Bonchev–Trinajstić information content (AvgIpc) is 2.78. The molecular formula is C13H27N3O. The Bertz CT molecular complexity index is 229. The van der Waals surface area contributed by atoms with Crippen LogP contribution >= 0.6 is 0 Å². The predicted molar refractivity (Wildman–Crippen MR) is 70.8 cm³/mol. The second-order valence-corrected chi connectivity index (χ2v) is 4.74. The predicted octanol–water partition coefficient (Wildman–Crippen LogP) is 1.06. The Morgan fingerprint density at radius 1 is 1.41 bits per heavy atom. The van der Waals surface area contributed by atoms with Crippen LogP contribution in [0, 0.1) is 0 Å². The number of hydrogen-bond donors (Lipinski definition) is 1. The van der Waals surface area contributed by atoms with E-state index in [1.807, 2.05) is 18.7 Å². The van der Waals surface area contributed by atoms with Gasteiger partial charge in [-0.2, -0.15) is 0 Å². The number of likely N-dealkylation sites (tertiary alicyclic amines) is 1. The first-order valence-corrected chi connectivity index (χ1v) is 6.94. The average molecular weight is 241 g/mol. The Morgan fingerprint density at radius 3 is 2.71 bits per heavy atom. The summed E-state index contributed by atoms with van der Waals surface area (Å²) in [6.45, 7) is 8.65. The van der Waals surface area contributed by atoms with E-state index in [0.717, 1.165) is 39.1 Å². The normalized spacial score (nSPS) is 20.8. The second-order valence-electron chi connectivity index (χ2n) is 4.74. The molecule has 17 heavy (non-hydrogen) atoms. The Balaban J connectivity index is 2.20. The van der Waals surface area contributed by atoms with Crippen LogP contribution in [0.25, 0.3) is 0 Å². The fraction of sp³-hybridized carbons (Fsp3) is 0.923. The SMILES string of the molecule is CCN(CC)C(=O)CCCN1CCCC1CN. The van der Waals surface area contributed by atoms with E-state index in [1.54, 1.807) is 0 Å². The lowest BCUT2D eigenvalue weighted by Crippen LogP contribution is -2.37. The molecule has 0 aliphatic carbocycles. The minimum Gasteiger partial charge on any atom is -0.343 e. The Morgan fingerprint density at radius 2 is 2.12 bits per heavy atom. The van der Waals surface area contributed by atoms with Crippen LogP contribution in [0.1, 0.15) is 39.5 Å². The molecule has 4 heteroatoms. The van der Waals surface area contributed by atoms with Crippen molar-refractivity contribution in [2.45, 2.75) is 45.6 Å². The Hall–Kier alpha value is -0.610. The van der Waals surface area contributed by atoms with Crippen LogP contribution in [0.4, 0.5) is 0 Å². The van der Waals surface area contributed by atoms with E-state index in [-0.39, 0.29) is 0 Å². The van der Waals surface area contributed by atoms with Gasteiger partial charge >= 0.3 is 0 Å². The summed E-state index contributed by atoms with van der Waals surface area (Å²) in [6.07, 6.45) is 4.12. The minimum absolute atomic E-state index is 0.290. The third-order valence-electron chi connectivity index (χ3n) is 3.72. The highest BCUT2D eigenvalue weighted by molar-refractivity contribution is 5.76. The third kappa shape index (κ3) is 4.28. The van der Waals surface area contributed by atoms with Crippen molar-refractivity contribution in [3.05, 3.63) is 0 Å². The molecule has 0 bridgehead atoms. The molecule has 0 aromatic rings.